The number of allylic oxidation sites excluding steroid dienone is 1. The molecule has 0 aliphatic heterocycles. The van der Waals surface area contributed by atoms with Gasteiger partial charge in [-0.05, 0) is 37.9 Å². The van der Waals surface area contributed by atoms with Gasteiger partial charge in [0.1, 0.15) is 4.75 Å². The van der Waals surface area contributed by atoms with Crippen LogP contribution in [0.3, 0.4) is 0 Å². The van der Waals surface area contributed by atoms with Crippen LogP contribution in [0.5, 0.6) is 0 Å². The van der Waals surface area contributed by atoms with Crippen molar-refractivity contribution in [2.24, 2.45) is 5.92 Å². The number of carbonyl (C=O) groups is 2. The van der Waals surface area contributed by atoms with Crippen molar-refractivity contribution in [1.29, 1.82) is 0 Å². The number of thioether (sulfide) groups is 2. The van der Waals surface area contributed by atoms with Gasteiger partial charge in [0, 0.05) is 16.1 Å². The second-order valence-electron chi connectivity index (χ2n) is 8.39. The second-order valence-corrected chi connectivity index (χ2v) is 12.8. The first-order valence-corrected chi connectivity index (χ1v) is 11.4. The second kappa shape index (κ2) is 13.5. The molecule has 1 aliphatic rings. The van der Waals surface area contributed by atoms with Crippen molar-refractivity contribution >= 4 is 35.5 Å². The maximum absolute atomic E-state index is 10.5. The average molecular weight is 421 g/mol. The Labute approximate surface area is 175 Å². The zero-order valence-electron chi connectivity index (χ0n) is 18.5. The molecular weight excluding hydrogens is 380 g/mol. The van der Waals surface area contributed by atoms with Gasteiger partial charge < -0.3 is 10.2 Å². The Bertz CT molecular complexity index is 465. The Hall–Kier alpha value is -0.620. The van der Waals surface area contributed by atoms with E-state index in [1.54, 1.807) is 19.9 Å². The molecule has 0 radical (unpaired) electrons. The largest absolute Gasteiger partial charge is 0.480 e. The quantitative estimate of drug-likeness (QED) is 0.468. The molecule has 1 rings (SSSR count). The van der Waals surface area contributed by atoms with Crippen molar-refractivity contribution in [1.82, 2.24) is 0 Å². The highest BCUT2D eigenvalue weighted by Crippen LogP contribution is 2.45. The first kappa shape index (κ1) is 28.6. The highest BCUT2D eigenvalue weighted by molar-refractivity contribution is 8.01. The lowest BCUT2D eigenvalue weighted by Gasteiger charge is -2.39. The highest BCUT2D eigenvalue weighted by Gasteiger charge is 2.32. The van der Waals surface area contributed by atoms with Gasteiger partial charge in [-0.25, -0.2) is 4.79 Å². The lowest BCUT2D eigenvalue weighted by atomic mass is 9.86. The zero-order chi connectivity index (χ0) is 21.8. The van der Waals surface area contributed by atoms with E-state index in [1.807, 2.05) is 27.7 Å². The summed E-state index contributed by atoms with van der Waals surface area (Å²) in [5.74, 6) is -1.30. The van der Waals surface area contributed by atoms with E-state index in [0.717, 1.165) is 11.3 Å². The molecule has 0 unspecified atom stereocenters. The summed E-state index contributed by atoms with van der Waals surface area (Å²) in [6.45, 7) is 18.3. The molecule has 2 N–H and O–H groups in total. The molecule has 0 heterocycles. The molecule has 4 nitrogen and oxygen atoms in total. The van der Waals surface area contributed by atoms with Crippen molar-refractivity contribution in [3.63, 3.8) is 0 Å². The van der Waals surface area contributed by atoms with Gasteiger partial charge in [-0.1, -0.05) is 61.0 Å². The van der Waals surface area contributed by atoms with E-state index in [4.69, 9.17) is 10.2 Å². The minimum Gasteiger partial charge on any atom is -0.480 e. The number of carboxylic acid groups (broad SMARTS) is 2. The van der Waals surface area contributed by atoms with Crippen LogP contribution in [0.1, 0.15) is 81.6 Å². The van der Waals surface area contributed by atoms with Gasteiger partial charge >= 0.3 is 11.9 Å². The molecule has 1 fully saturated rings. The Morgan fingerprint density at radius 3 is 1.59 bits per heavy atom. The molecule has 1 aliphatic carbocycles. The minimum atomic E-state index is -0.876. The molecule has 160 valence electrons. The Morgan fingerprint density at radius 2 is 1.48 bits per heavy atom. The van der Waals surface area contributed by atoms with Crippen molar-refractivity contribution in [2.45, 2.75) is 102 Å². The molecule has 0 aromatic carbocycles. The maximum atomic E-state index is 10.5. The van der Waals surface area contributed by atoms with Gasteiger partial charge in [0.25, 0.3) is 0 Å². The highest BCUT2D eigenvalue weighted by atomic mass is 32.2. The van der Waals surface area contributed by atoms with Crippen LogP contribution < -0.4 is 0 Å². The fourth-order valence-corrected chi connectivity index (χ4v) is 5.22. The van der Waals surface area contributed by atoms with E-state index in [-0.39, 0.29) is 0 Å². The standard InChI is InChI=1S/C8H16S.C7H14O2S.C6H10O2/c1-7(2)9-8(3)5-4-6-8;1-5(2)10-7(3,4)6(8)9;1-5(2)3-4-6(7)8/h7H,4-6H2,1-3H3;5H,1-4H3,(H,8,9);3-5H,1-2H3,(H,7,8)/b;;4-3+. The predicted molar refractivity (Wildman–Crippen MR) is 121 cm³/mol. The van der Waals surface area contributed by atoms with Crippen molar-refractivity contribution < 1.29 is 19.8 Å². The number of carboxylic acids is 2. The lowest BCUT2D eigenvalue weighted by Crippen LogP contribution is -2.30. The number of hydrogen-bond acceptors (Lipinski definition) is 4. The summed E-state index contributed by atoms with van der Waals surface area (Å²) in [6, 6.07) is 0. The first-order valence-electron chi connectivity index (χ1n) is 9.61. The van der Waals surface area contributed by atoms with Gasteiger partial charge in [0.2, 0.25) is 0 Å². The third kappa shape index (κ3) is 17.2. The summed E-state index contributed by atoms with van der Waals surface area (Å²) in [5, 5.41) is 17.9. The average Bonchev–Trinajstić information content (AvgIpc) is 2.42. The van der Waals surface area contributed by atoms with Crippen molar-refractivity contribution in [2.75, 3.05) is 0 Å². The van der Waals surface area contributed by atoms with E-state index >= 15 is 0 Å². The smallest absolute Gasteiger partial charge is 0.327 e. The molecule has 0 amide bonds. The predicted octanol–water partition coefficient (Wildman–Crippen LogP) is 6.35. The van der Waals surface area contributed by atoms with Gasteiger partial charge in [-0.3, -0.25) is 4.79 Å². The van der Waals surface area contributed by atoms with E-state index < -0.39 is 16.7 Å². The van der Waals surface area contributed by atoms with Crippen molar-refractivity contribution in [3.8, 4) is 0 Å². The summed E-state index contributed by atoms with van der Waals surface area (Å²) in [5.41, 5.74) is 0. The molecule has 0 bridgehead atoms. The SMILES string of the molecule is CC(C)/C=C/C(=O)O.CC(C)SC(C)(C)C(=O)O.CC(C)SC1(C)CCC1. The summed E-state index contributed by atoms with van der Waals surface area (Å²) >= 11 is 3.61. The monoisotopic (exact) mass is 420 g/mol. The van der Waals surface area contributed by atoms with Crippen LogP contribution in [0.4, 0.5) is 0 Å². The van der Waals surface area contributed by atoms with Crippen LogP contribution in [0.2, 0.25) is 0 Å². The van der Waals surface area contributed by atoms with Crippen LogP contribution in [0.25, 0.3) is 0 Å². The van der Waals surface area contributed by atoms with E-state index in [9.17, 15) is 9.59 Å². The first-order chi connectivity index (χ1) is 12.1. The number of hydrogen-bond donors (Lipinski definition) is 2. The third-order valence-electron chi connectivity index (χ3n) is 3.60. The van der Waals surface area contributed by atoms with Crippen LogP contribution in [-0.2, 0) is 9.59 Å². The molecule has 27 heavy (non-hydrogen) atoms. The van der Waals surface area contributed by atoms with E-state index in [2.05, 4.69) is 32.5 Å². The summed E-state index contributed by atoms with van der Waals surface area (Å²) < 4.78 is 0.0162. The molecular formula is C21H40O4S2. The molecule has 0 atom stereocenters. The Kier molecular flexibility index (Phi) is 14.3. The Morgan fingerprint density at radius 1 is 1.00 bits per heavy atom. The fraction of sp³-hybridized carbons (Fsp3) is 0.810. The minimum absolute atomic E-state index is 0.325. The topological polar surface area (TPSA) is 74.6 Å². The van der Waals surface area contributed by atoms with Crippen LogP contribution in [0.15, 0.2) is 12.2 Å². The fourth-order valence-electron chi connectivity index (χ4n) is 2.28. The number of rotatable bonds is 7. The van der Waals surface area contributed by atoms with Gasteiger partial charge in [-0.15, -0.1) is 11.8 Å². The van der Waals surface area contributed by atoms with Gasteiger partial charge in [-0.2, -0.15) is 11.8 Å². The third-order valence-corrected chi connectivity index (χ3v) is 6.28. The molecule has 0 saturated heterocycles. The lowest BCUT2D eigenvalue weighted by molar-refractivity contribution is -0.139. The molecule has 0 spiro atoms. The van der Waals surface area contributed by atoms with E-state index in [0.29, 0.717) is 15.9 Å². The van der Waals surface area contributed by atoms with Crippen molar-refractivity contribution in [3.05, 3.63) is 12.2 Å². The van der Waals surface area contributed by atoms with E-state index in [1.165, 1.54) is 31.0 Å². The zero-order valence-corrected chi connectivity index (χ0v) is 20.2. The Balaban J connectivity index is 0. The van der Waals surface area contributed by atoms with Crippen LogP contribution in [0, 0.1) is 5.92 Å². The summed E-state index contributed by atoms with van der Waals surface area (Å²) in [6.07, 6.45) is 7.13. The normalized spacial score (nSPS) is 15.7. The summed E-state index contributed by atoms with van der Waals surface area (Å²) in [4.78, 5) is 20.4. The van der Waals surface area contributed by atoms with Crippen LogP contribution >= 0.6 is 23.5 Å². The summed E-state index contributed by atoms with van der Waals surface area (Å²) in [7, 11) is 0. The van der Waals surface area contributed by atoms with Gasteiger partial charge in [0.15, 0.2) is 0 Å². The van der Waals surface area contributed by atoms with Gasteiger partial charge in [0.05, 0.1) is 0 Å². The molecule has 0 aromatic rings. The molecule has 1 saturated carbocycles. The number of aliphatic carboxylic acids is 2. The van der Waals surface area contributed by atoms with Crippen LogP contribution in [-0.4, -0.2) is 42.1 Å². The molecule has 0 aromatic heterocycles. The molecule has 6 heteroatoms. The maximum Gasteiger partial charge on any atom is 0.327 e.